The third-order valence-electron chi connectivity index (χ3n) is 4.23. The number of hydrogen-bond acceptors (Lipinski definition) is 3. The van der Waals surface area contributed by atoms with Crippen LogP contribution in [0.15, 0.2) is 24.3 Å². The van der Waals surface area contributed by atoms with Gasteiger partial charge in [0.1, 0.15) is 5.75 Å². The van der Waals surface area contributed by atoms with Crippen LogP contribution in [0.5, 0.6) is 5.75 Å². The van der Waals surface area contributed by atoms with Crippen molar-refractivity contribution in [1.29, 1.82) is 0 Å². The van der Waals surface area contributed by atoms with E-state index in [2.05, 4.69) is 5.32 Å². The molecule has 21 heavy (non-hydrogen) atoms. The van der Waals surface area contributed by atoms with Gasteiger partial charge in [-0.2, -0.15) is 0 Å². The first-order valence-corrected chi connectivity index (χ1v) is 7.47. The molecule has 1 aromatic rings. The monoisotopic (exact) mass is 330 g/mol. The fourth-order valence-electron chi connectivity index (χ4n) is 3.03. The zero-order valence-corrected chi connectivity index (χ0v) is 13.3. The average Bonchev–Trinajstić information content (AvgIpc) is 2.93. The molecule has 0 aromatic heterocycles. The van der Waals surface area contributed by atoms with E-state index in [-0.39, 0.29) is 24.9 Å². The summed E-state index contributed by atoms with van der Waals surface area (Å²) < 4.78 is 5.52. The maximum atomic E-state index is 12.2. The molecule has 116 valence electrons. The molecule has 0 aliphatic carbocycles. The normalized spacial score (nSPS) is 24.1. The second-order valence-corrected chi connectivity index (χ2v) is 5.99. The molecule has 2 fully saturated rings. The van der Waals surface area contributed by atoms with Crippen LogP contribution in [-0.2, 0) is 4.79 Å². The fraction of sp³-hybridized carbons (Fsp3) is 0.533. The van der Waals surface area contributed by atoms with Crippen molar-refractivity contribution in [1.82, 2.24) is 10.2 Å². The third kappa shape index (κ3) is 4.02. The number of rotatable bonds is 3. The van der Waals surface area contributed by atoms with Crippen LogP contribution >= 0.6 is 24.0 Å². The minimum atomic E-state index is 0. The fourth-order valence-corrected chi connectivity index (χ4v) is 3.15. The first-order valence-electron chi connectivity index (χ1n) is 7.09. The Hall–Kier alpha value is -0.970. The van der Waals surface area contributed by atoms with E-state index in [0.717, 1.165) is 38.5 Å². The first kappa shape index (κ1) is 16.4. The summed E-state index contributed by atoms with van der Waals surface area (Å²) in [7, 11) is 0. The molecule has 2 unspecified atom stereocenters. The second-order valence-electron chi connectivity index (χ2n) is 5.55. The lowest BCUT2D eigenvalue weighted by atomic mass is 9.89. The van der Waals surface area contributed by atoms with Gasteiger partial charge in [-0.25, -0.2) is 0 Å². The number of ether oxygens (including phenoxy) is 1. The molecular weight excluding hydrogens is 311 g/mol. The van der Waals surface area contributed by atoms with Gasteiger partial charge in [-0.15, -0.1) is 12.4 Å². The highest BCUT2D eigenvalue weighted by molar-refractivity contribution is 6.30. The highest BCUT2D eigenvalue weighted by atomic mass is 35.5. The van der Waals surface area contributed by atoms with Crippen LogP contribution in [0, 0.1) is 11.8 Å². The molecule has 4 nitrogen and oxygen atoms in total. The maximum absolute atomic E-state index is 12.2. The Morgan fingerprint density at radius 2 is 2.00 bits per heavy atom. The second kappa shape index (κ2) is 7.34. The molecule has 0 radical (unpaired) electrons. The van der Waals surface area contributed by atoms with E-state index in [9.17, 15) is 4.79 Å². The highest BCUT2D eigenvalue weighted by Crippen LogP contribution is 2.26. The lowest BCUT2D eigenvalue weighted by molar-refractivity contribution is -0.135. The Balaban J connectivity index is 0.00000161. The minimum Gasteiger partial charge on any atom is -0.484 e. The smallest absolute Gasteiger partial charge is 0.260 e. The zero-order valence-electron chi connectivity index (χ0n) is 11.8. The number of likely N-dealkylation sites (tertiary alicyclic amines) is 1. The van der Waals surface area contributed by atoms with Crippen molar-refractivity contribution < 1.29 is 9.53 Å². The number of carbonyl (C=O) groups is 1. The number of halogens is 2. The van der Waals surface area contributed by atoms with Crippen molar-refractivity contribution in [3.63, 3.8) is 0 Å². The summed E-state index contributed by atoms with van der Waals surface area (Å²) >= 11 is 5.81. The van der Waals surface area contributed by atoms with Gasteiger partial charge in [0.25, 0.3) is 5.91 Å². The first-order chi connectivity index (χ1) is 9.72. The topological polar surface area (TPSA) is 41.6 Å². The van der Waals surface area contributed by atoms with Crippen molar-refractivity contribution >= 4 is 29.9 Å². The highest BCUT2D eigenvalue weighted by Gasteiger charge is 2.34. The van der Waals surface area contributed by atoms with Crippen LogP contribution in [0.25, 0.3) is 0 Å². The number of nitrogens with one attached hydrogen (secondary N) is 1. The number of fused-ring (bicyclic) bond motifs is 1. The van der Waals surface area contributed by atoms with Crippen LogP contribution in [0.2, 0.25) is 5.02 Å². The Kier molecular flexibility index (Phi) is 5.73. The van der Waals surface area contributed by atoms with Gasteiger partial charge in [0.05, 0.1) is 0 Å². The van der Waals surface area contributed by atoms with Gasteiger partial charge in [-0.05, 0) is 55.6 Å². The summed E-state index contributed by atoms with van der Waals surface area (Å²) in [5.41, 5.74) is 0. The number of amides is 1. The van der Waals surface area contributed by atoms with E-state index < -0.39 is 0 Å². The Labute approximate surface area is 136 Å². The van der Waals surface area contributed by atoms with Crippen LogP contribution in [0.1, 0.15) is 6.42 Å². The van der Waals surface area contributed by atoms with Crippen LogP contribution in [-0.4, -0.2) is 43.6 Å². The molecule has 2 aliphatic heterocycles. The summed E-state index contributed by atoms with van der Waals surface area (Å²) in [6, 6.07) is 7.08. The predicted octanol–water partition coefficient (Wildman–Crippen LogP) is 2.21. The van der Waals surface area contributed by atoms with Gasteiger partial charge in [0.2, 0.25) is 0 Å². The molecule has 6 heteroatoms. The minimum absolute atomic E-state index is 0. The van der Waals surface area contributed by atoms with E-state index in [4.69, 9.17) is 16.3 Å². The zero-order chi connectivity index (χ0) is 13.9. The number of carbonyl (C=O) groups excluding carboxylic acids is 1. The van der Waals surface area contributed by atoms with Gasteiger partial charge in [0, 0.05) is 18.1 Å². The lowest BCUT2D eigenvalue weighted by Gasteiger charge is -2.34. The van der Waals surface area contributed by atoms with Gasteiger partial charge >= 0.3 is 0 Å². The molecule has 0 spiro atoms. The number of hydrogen-bond donors (Lipinski definition) is 1. The summed E-state index contributed by atoms with van der Waals surface area (Å²) in [6.07, 6.45) is 1.10. The number of nitrogens with zero attached hydrogens (tertiary/aromatic N) is 1. The molecule has 3 rings (SSSR count). The quantitative estimate of drug-likeness (QED) is 0.923. The number of benzene rings is 1. The molecule has 2 aliphatic rings. The summed E-state index contributed by atoms with van der Waals surface area (Å²) in [6.45, 7) is 3.96. The van der Waals surface area contributed by atoms with Crippen molar-refractivity contribution in [2.24, 2.45) is 11.8 Å². The molecule has 1 N–H and O–H groups in total. The Morgan fingerprint density at radius 3 is 2.76 bits per heavy atom. The predicted molar refractivity (Wildman–Crippen MR) is 85.2 cm³/mol. The standard InChI is InChI=1S/C15H19ClN2O2.ClH/c16-13-1-3-14(4-2-13)20-10-15(19)18-6-5-11-7-17-8-12(11)9-18;/h1-4,11-12,17H,5-10H2;1H. The lowest BCUT2D eigenvalue weighted by Crippen LogP contribution is -2.45. The van der Waals surface area contributed by atoms with Crippen LogP contribution in [0.4, 0.5) is 0 Å². The molecule has 0 bridgehead atoms. The third-order valence-corrected chi connectivity index (χ3v) is 4.49. The number of piperidine rings is 1. The van der Waals surface area contributed by atoms with Crippen molar-refractivity contribution in [2.75, 3.05) is 32.8 Å². The van der Waals surface area contributed by atoms with Gasteiger partial charge in [0.15, 0.2) is 6.61 Å². The maximum Gasteiger partial charge on any atom is 0.260 e. The van der Waals surface area contributed by atoms with Crippen LogP contribution in [0.3, 0.4) is 0 Å². The van der Waals surface area contributed by atoms with Crippen molar-refractivity contribution in [2.45, 2.75) is 6.42 Å². The average molecular weight is 331 g/mol. The molecule has 0 saturated carbocycles. The molecule has 2 atom stereocenters. The molecule has 2 saturated heterocycles. The molecular formula is C15H20Cl2N2O2. The van der Waals surface area contributed by atoms with E-state index in [1.807, 2.05) is 4.90 Å². The van der Waals surface area contributed by atoms with Crippen molar-refractivity contribution in [3.8, 4) is 5.75 Å². The van der Waals surface area contributed by atoms with Crippen molar-refractivity contribution in [3.05, 3.63) is 29.3 Å². The molecule has 2 heterocycles. The van der Waals surface area contributed by atoms with E-state index >= 15 is 0 Å². The molecule has 1 amide bonds. The Bertz CT molecular complexity index is 481. The van der Waals surface area contributed by atoms with Crippen LogP contribution < -0.4 is 10.1 Å². The summed E-state index contributed by atoms with van der Waals surface area (Å²) in [5.74, 6) is 2.12. The largest absolute Gasteiger partial charge is 0.484 e. The molecule has 1 aromatic carbocycles. The van der Waals surface area contributed by atoms with E-state index in [1.54, 1.807) is 24.3 Å². The van der Waals surface area contributed by atoms with Gasteiger partial charge in [-0.1, -0.05) is 11.6 Å². The van der Waals surface area contributed by atoms with E-state index in [1.165, 1.54) is 0 Å². The van der Waals surface area contributed by atoms with E-state index in [0.29, 0.717) is 16.7 Å². The van der Waals surface area contributed by atoms with Gasteiger partial charge < -0.3 is 15.0 Å². The summed E-state index contributed by atoms with van der Waals surface area (Å²) in [5, 5.41) is 4.07. The summed E-state index contributed by atoms with van der Waals surface area (Å²) in [4.78, 5) is 14.1. The van der Waals surface area contributed by atoms with Gasteiger partial charge in [-0.3, -0.25) is 4.79 Å². The SMILES string of the molecule is Cl.O=C(COc1ccc(Cl)cc1)N1CCC2CNCC2C1. The Morgan fingerprint density at radius 1 is 1.29 bits per heavy atom.